The zero-order valence-corrected chi connectivity index (χ0v) is 14.2. The van der Waals surface area contributed by atoms with Gasteiger partial charge in [0.05, 0.1) is 0 Å². The van der Waals surface area contributed by atoms with Crippen molar-refractivity contribution in [1.29, 1.82) is 0 Å². The van der Waals surface area contributed by atoms with E-state index in [0.717, 1.165) is 32.2 Å². The molecule has 1 heterocycles. The summed E-state index contributed by atoms with van der Waals surface area (Å²) in [6.07, 6.45) is 3.83. The summed E-state index contributed by atoms with van der Waals surface area (Å²) in [6.45, 7) is 12.4. The first-order valence-corrected chi connectivity index (χ1v) is 8.28. The maximum absolute atomic E-state index is 5.62. The second kappa shape index (κ2) is 9.90. The van der Waals surface area contributed by atoms with Crippen molar-refractivity contribution in [1.82, 2.24) is 15.5 Å². The molecule has 0 saturated carbocycles. The van der Waals surface area contributed by atoms with E-state index in [1.54, 1.807) is 0 Å². The van der Waals surface area contributed by atoms with Gasteiger partial charge in [-0.25, -0.2) is 0 Å². The molecule has 0 aromatic carbocycles. The van der Waals surface area contributed by atoms with E-state index < -0.39 is 0 Å². The predicted octanol–water partition coefficient (Wildman–Crippen LogP) is 3.51. The van der Waals surface area contributed by atoms with Crippen molar-refractivity contribution in [2.45, 2.75) is 72.4 Å². The lowest BCUT2D eigenvalue weighted by Crippen LogP contribution is -2.33. The molecule has 0 saturated heterocycles. The number of hydrogen-bond donors (Lipinski definition) is 1. The molecule has 1 aromatic heterocycles. The smallest absolute Gasteiger partial charge is 0.228 e. The van der Waals surface area contributed by atoms with Crippen LogP contribution in [0.5, 0.6) is 0 Å². The van der Waals surface area contributed by atoms with Crippen LogP contribution in [0.3, 0.4) is 0 Å². The number of nitrogens with one attached hydrogen (secondary N) is 1. The fourth-order valence-electron chi connectivity index (χ4n) is 2.42. The molecule has 2 atom stereocenters. The Balaban J connectivity index is 2.64. The fraction of sp³-hybridized carbons (Fsp3) is 0.875. The Kier molecular flexibility index (Phi) is 8.54. The minimum absolute atomic E-state index is 0.0559. The van der Waals surface area contributed by atoms with Crippen LogP contribution in [0.1, 0.15) is 71.7 Å². The Morgan fingerprint density at radius 1 is 1.24 bits per heavy atom. The SMILES string of the molecule is CCCNC(Cc1nc(C(CC)OCC)no1)CC(C)C. The van der Waals surface area contributed by atoms with Crippen LogP contribution in [0, 0.1) is 5.92 Å². The highest BCUT2D eigenvalue weighted by Crippen LogP contribution is 2.18. The fourth-order valence-corrected chi connectivity index (χ4v) is 2.42. The lowest BCUT2D eigenvalue weighted by atomic mass is 10.0. The summed E-state index contributed by atoms with van der Waals surface area (Å²) in [5, 5.41) is 7.65. The van der Waals surface area contributed by atoms with Gasteiger partial charge in [-0.2, -0.15) is 4.98 Å². The highest BCUT2D eigenvalue weighted by atomic mass is 16.5. The van der Waals surface area contributed by atoms with Gasteiger partial charge in [-0.3, -0.25) is 0 Å². The molecule has 0 bridgehead atoms. The third-order valence-corrected chi connectivity index (χ3v) is 3.37. The van der Waals surface area contributed by atoms with Gasteiger partial charge in [0, 0.05) is 19.1 Å². The van der Waals surface area contributed by atoms with Crippen molar-refractivity contribution in [3.05, 3.63) is 11.7 Å². The molecule has 122 valence electrons. The lowest BCUT2D eigenvalue weighted by molar-refractivity contribution is 0.0518. The van der Waals surface area contributed by atoms with E-state index in [2.05, 4.69) is 43.2 Å². The van der Waals surface area contributed by atoms with Crippen molar-refractivity contribution in [3.63, 3.8) is 0 Å². The summed E-state index contributed by atoms with van der Waals surface area (Å²) in [7, 11) is 0. The molecule has 0 radical (unpaired) electrons. The summed E-state index contributed by atoms with van der Waals surface area (Å²) in [4.78, 5) is 4.51. The summed E-state index contributed by atoms with van der Waals surface area (Å²) in [5.41, 5.74) is 0. The number of rotatable bonds is 11. The zero-order chi connectivity index (χ0) is 15.7. The third-order valence-electron chi connectivity index (χ3n) is 3.37. The van der Waals surface area contributed by atoms with Gasteiger partial charge in [0.2, 0.25) is 11.7 Å². The Labute approximate surface area is 128 Å². The molecule has 0 aliphatic rings. The molecule has 0 spiro atoms. The van der Waals surface area contributed by atoms with Gasteiger partial charge in [-0.1, -0.05) is 32.9 Å². The standard InChI is InChI=1S/C16H31N3O2/c1-6-9-17-13(10-12(4)5)11-15-18-16(19-21-15)14(7-2)20-8-3/h12-14,17H,6-11H2,1-5H3. The van der Waals surface area contributed by atoms with E-state index in [-0.39, 0.29) is 6.10 Å². The van der Waals surface area contributed by atoms with Gasteiger partial charge >= 0.3 is 0 Å². The number of ether oxygens (including phenoxy) is 1. The normalized spacial score (nSPS) is 14.6. The summed E-state index contributed by atoms with van der Waals surface area (Å²) in [5.74, 6) is 2.03. The van der Waals surface area contributed by atoms with Crippen molar-refractivity contribution in [2.24, 2.45) is 5.92 Å². The first-order chi connectivity index (χ1) is 10.1. The molecule has 0 aliphatic carbocycles. The van der Waals surface area contributed by atoms with Crippen molar-refractivity contribution in [3.8, 4) is 0 Å². The van der Waals surface area contributed by atoms with Crippen LogP contribution < -0.4 is 5.32 Å². The van der Waals surface area contributed by atoms with E-state index in [1.807, 2.05) is 6.92 Å². The van der Waals surface area contributed by atoms with Crippen LogP contribution in [0.15, 0.2) is 4.52 Å². The van der Waals surface area contributed by atoms with Gasteiger partial charge in [-0.15, -0.1) is 0 Å². The van der Waals surface area contributed by atoms with Gasteiger partial charge in [0.15, 0.2) is 0 Å². The second-order valence-corrected chi connectivity index (χ2v) is 5.88. The molecule has 5 heteroatoms. The number of hydrogen-bond acceptors (Lipinski definition) is 5. The first kappa shape index (κ1) is 18.1. The molecule has 1 aromatic rings. The maximum Gasteiger partial charge on any atom is 0.228 e. The largest absolute Gasteiger partial charge is 0.370 e. The molecule has 5 nitrogen and oxygen atoms in total. The Bertz CT molecular complexity index is 379. The topological polar surface area (TPSA) is 60.2 Å². The van der Waals surface area contributed by atoms with Gasteiger partial charge in [0.1, 0.15) is 6.10 Å². The van der Waals surface area contributed by atoms with Crippen molar-refractivity contribution in [2.75, 3.05) is 13.2 Å². The minimum Gasteiger partial charge on any atom is -0.370 e. The molecule has 0 fully saturated rings. The Hall–Kier alpha value is -0.940. The van der Waals surface area contributed by atoms with Crippen LogP contribution in [-0.2, 0) is 11.2 Å². The second-order valence-electron chi connectivity index (χ2n) is 5.88. The van der Waals surface area contributed by atoms with Gasteiger partial charge in [-0.05, 0) is 38.6 Å². The van der Waals surface area contributed by atoms with Crippen LogP contribution in [0.25, 0.3) is 0 Å². The molecular weight excluding hydrogens is 266 g/mol. The highest BCUT2D eigenvalue weighted by molar-refractivity contribution is 4.93. The molecule has 21 heavy (non-hydrogen) atoms. The summed E-state index contributed by atoms with van der Waals surface area (Å²) in [6, 6.07) is 0.394. The number of aromatic nitrogens is 2. The summed E-state index contributed by atoms with van der Waals surface area (Å²) < 4.78 is 11.0. The quantitative estimate of drug-likeness (QED) is 0.677. The molecule has 1 N–H and O–H groups in total. The van der Waals surface area contributed by atoms with Gasteiger partial charge < -0.3 is 14.6 Å². The average Bonchev–Trinajstić information content (AvgIpc) is 2.89. The monoisotopic (exact) mass is 297 g/mol. The number of nitrogens with zero attached hydrogens (tertiary/aromatic N) is 2. The van der Waals surface area contributed by atoms with E-state index >= 15 is 0 Å². The van der Waals surface area contributed by atoms with Crippen LogP contribution in [0.4, 0.5) is 0 Å². The maximum atomic E-state index is 5.62. The average molecular weight is 297 g/mol. The molecule has 1 rings (SSSR count). The molecule has 2 unspecified atom stereocenters. The van der Waals surface area contributed by atoms with E-state index in [9.17, 15) is 0 Å². The minimum atomic E-state index is -0.0559. The molecule has 0 amide bonds. The molecule has 0 aliphatic heterocycles. The van der Waals surface area contributed by atoms with Gasteiger partial charge in [0.25, 0.3) is 0 Å². The van der Waals surface area contributed by atoms with Crippen LogP contribution in [0.2, 0.25) is 0 Å². The van der Waals surface area contributed by atoms with E-state index in [4.69, 9.17) is 9.26 Å². The predicted molar refractivity (Wildman–Crippen MR) is 84.2 cm³/mol. The van der Waals surface area contributed by atoms with Crippen molar-refractivity contribution < 1.29 is 9.26 Å². The Morgan fingerprint density at radius 2 is 2.00 bits per heavy atom. The Morgan fingerprint density at radius 3 is 2.57 bits per heavy atom. The molecular formula is C16H31N3O2. The highest BCUT2D eigenvalue weighted by Gasteiger charge is 2.19. The zero-order valence-electron chi connectivity index (χ0n) is 14.2. The van der Waals surface area contributed by atoms with Crippen LogP contribution in [-0.4, -0.2) is 29.3 Å². The third kappa shape index (κ3) is 6.57. The van der Waals surface area contributed by atoms with Crippen molar-refractivity contribution >= 4 is 0 Å². The first-order valence-electron chi connectivity index (χ1n) is 8.28. The summed E-state index contributed by atoms with van der Waals surface area (Å²) >= 11 is 0. The van der Waals surface area contributed by atoms with E-state index in [0.29, 0.717) is 30.3 Å². The van der Waals surface area contributed by atoms with E-state index in [1.165, 1.54) is 0 Å². The lowest BCUT2D eigenvalue weighted by Gasteiger charge is -2.18. The van der Waals surface area contributed by atoms with Crippen LogP contribution >= 0.6 is 0 Å².